The van der Waals surface area contributed by atoms with Crippen molar-refractivity contribution in [1.29, 1.82) is 0 Å². The molecule has 0 spiro atoms. The predicted octanol–water partition coefficient (Wildman–Crippen LogP) is 1.50. The molecule has 0 fully saturated rings. The Labute approximate surface area is 105 Å². The van der Waals surface area contributed by atoms with Crippen molar-refractivity contribution in [2.45, 2.75) is 53.0 Å². The zero-order chi connectivity index (χ0) is 13.3. The molecule has 0 saturated heterocycles. The third-order valence-corrected chi connectivity index (χ3v) is 2.49. The molecule has 0 aliphatic rings. The number of hydrogen-bond donors (Lipinski definition) is 2. The molecule has 0 aliphatic heterocycles. The van der Waals surface area contributed by atoms with Crippen LogP contribution >= 0.6 is 0 Å². The van der Waals surface area contributed by atoms with Crippen LogP contribution in [0.1, 0.15) is 47.0 Å². The summed E-state index contributed by atoms with van der Waals surface area (Å²) in [5.41, 5.74) is 0. The highest BCUT2D eigenvalue weighted by molar-refractivity contribution is 5.80. The van der Waals surface area contributed by atoms with Crippen molar-refractivity contribution in [3.63, 3.8) is 0 Å². The van der Waals surface area contributed by atoms with Gasteiger partial charge in [0.05, 0.1) is 6.54 Å². The van der Waals surface area contributed by atoms with E-state index in [2.05, 4.69) is 10.6 Å². The normalized spacial score (nSPS) is 10.9. The van der Waals surface area contributed by atoms with Crippen molar-refractivity contribution in [1.82, 2.24) is 10.6 Å². The Hall–Kier alpha value is -0.900. The van der Waals surface area contributed by atoms with Gasteiger partial charge in [-0.15, -0.1) is 0 Å². The summed E-state index contributed by atoms with van der Waals surface area (Å²) in [5.74, 6) is 0.450. The van der Waals surface area contributed by atoms with Gasteiger partial charge in [-0.1, -0.05) is 27.7 Å². The minimum Gasteiger partial charge on any atom is -0.355 e. The standard InChI is InChI=1S/C13H26N2O2/c1-10(2)12(16)7-5-6-8-14-13(17)9-15-11(3)4/h10-11,15H,5-9H2,1-4H3,(H,14,17). The zero-order valence-electron chi connectivity index (χ0n) is 11.5. The summed E-state index contributed by atoms with van der Waals surface area (Å²) in [6, 6.07) is 0.324. The molecule has 4 nitrogen and oxygen atoms in total. The first-order chi connectivity index (χ1) is 7.93. The SMILES string of the molecule is CC(C)NCC(=O)NCCCCC(=O)C(C)C. The van der Waals surface area contributed by atoms with Gasteiger partial charge < -0.3 is 10.6 Å². The minimum atomic E-state index is 0.0221. The van der Waals surface area contributed by atoms with Crippen molar-refractivity contribution < 1.29 is 9.59 Å². The van der Waals surface area contributed by atoms with Crippen LogP contribution in [0.25, 0.3) is 0 Å². The largest absolute Gasteiger partial charge is 0.355 e. The van der Waals surface area contributed by atoms with E-state index in [0.29, 0.717) is 31.3 Å². The van der Waals surface area contributed by atoms with Gasteiger partial charge >= 0.3 is 0 Å². The van der Waals surface area contributed by atoms with E-state index in [9.17, 15) is 9.59 Å². The maximum atomic E-state index is 11.3. The van der Waals surface area contributed by atoms with Gasteiger partial charge in [0.15, 0.2) is 0 Å². The molecule has 4 heteroatoms. The van der Waals surface area contributed by atoms with E-state index in [4.69, 9.17) is 0 Å². The molecule has 2 N–H and O–H groups in total. The summed E-state index contributed by atoms with van der Waals surface area (Å²) in [6.45, 7) is 8.87. The molecule has 100 valence electrons. The first-order valence-corrected chi connectivity index (χ1v) is 6.46. The average molecular weight is 242 g/mol. The van der Waals surface area contributed by atoms with Crippen LogP contribution < -0.4 is 10.6 Å². The summed E-state index contributed by atoms with van der Waals surface area (Å²) in [4.78, 5) is 22.6. The van der Waals surface area contributed by atoms with E-state index in [0.717, 1.165) is 12.8 Å². The van der Waals surface area contributed by atoms with Gasteiger partial charge in [-0.3, -0.25) is 9.59 Å². The van der Waals surface area contributed by atoms with E-state index < -0.39 is 0 Å². The highest BCUT2D eigenvalue weighted by Gasteiger charge is 2.06. The third-order valence-electron chi connectivity index (χ3n) is 2.49. The lowest BCUT2D eigenvalue weighted by Gasteiger charge is -2.09. The maximum Gasteiger partial charge on any atom is 0.233 e. The molecule has 0 bridgehead atoms. The van der Waals surface area contributed by atoms with Gasteiger partial charge in [0.2, 0.25) is 5.91 Å². The lowest BCUT2D eigenvalue weighted by molar-refractivity contribution is -0.122. The lowest BCUT2D eigenvalue weighted by atomic mass is 10.0. The maximum absolute atomic E-state index is 11.3. The summed E-state index contributed by atoms with van der Waals surface area (Å²) in [7, 11) is 0. The first-order valence-electron chi connectivity index (χ1n) is 6.46. The second-order valence-electron chi connectivity index (χ2n) is 4.96. The van der Waals surface area contributed by atoms with Crippen molar-refractivity contribution >= 4 is 11.7 Å². The van der Waals surface area contributed by atoms with Crippen LogP contribution in [0.4, 0.5) is 0 Å². The molecule has 0 aromatic rings. The van der Waals surface area contributed by atoms with Gasteiger partial charge in [-0.25, -0.2) is 0 Å². The summed E-state index contributed by atoms with van der Waals surface area (Å²) < 4.78 is 0. The van der Waals surface area contributed by atoms with Crippen LogP contribution in [0.2, 0.25) is 0 Å². The Kier molecular flexibility index (Phi) is 8.68. The number of amides is 1. The van der Waals surface area contributed by atoms with Gasteiger partial charge in [-0.2, -0.15) is 0 Å². The molecule has 0 aromatic carbocycles. The molecule has 0 saturated carbocycles. The van der Waals surface area contributed by atoms with Gasteiger partial charge in [-0.05, 0) is 12.8 Å². The summed E-state index contributed by atoms with van der Waals surface area (Å²) in [5, 5.41) is 5.88. The molecule has 0 heterocycles. The predicted molar refractivity (Wildman–Crippen MR) is 69.8 cm³/mol. The van der Waals surface area contributed by atoms with Crippen molar-refractivity contribution in [3.05, 3.63) is 0 Å². The first kappa shape index (κ1) is 16.1. The highest BCUT2D eigenvalue weighted by atomic mass is 16.2. The number of Topliss-reactive ketones (excluding diaryl/α,β-unsaturated/α-hetero) is 1. The Balaban J connectivity index is 3.39. The number of rotatable bonds is 9. The quantitative estimate of drug-likeness (QED) is 0.602. The smallest absolute Gasteiger partial charge is 0.233 e. The fourth-order valence-electron chi connectivity index (χ4n) is 1.30. The van der Waals surface area contributed by atoms with E-state index >= 15 is 0 Å². The zero-order valence-corrected chi connectivity index (χ0v) is 11.5. The van der Waals surface area contributed by atoms with Crippen LogP contribution in [-0.2, 0) is 9.59 Å². The number of unbranched alkanes of at least 4 members (excludes halogenated alkanes) is 1. The molecule has 0 unspecified atom stereocenters. The van der Waals surface area contributed by atoms with Gasteiger partial charge in [0.25, 0.3) is 0 Å². The minimum absolute atomic E-state index is 0.0221. The monoisotopic (exact) mass is 242 g/mol. The summed E-state index contributed by atoms with van der Waals surface area (Å²) in [6.07, 6.45) is 2.35. The number of carbonyl (C=O) groups is 2. The Morgan fingerprint density at radius 3 is 2.24 bits per heavy atom. The molecule has 0 radical (unpaired) electrons. The third kappa shape index (κ3) is 10.00. The number of carbonyl (C=O) groups excluding carboxylic acids is 2. The molecule has 1 amide bonds. The van der Waals surface area contributed by atoms with Crippen molar-refractivity contribution in [3.8, 4) is 0 Å². The Morgan fingerprint density at radius 2 is 1.71 bits per heavy atom. The fourth-order valence-corrected chi connectivity index (χ4v) is 1.30. The van der Waals surface area contributed by atoms with E-state index in [1.54, 1.807) is 0 Å². The number of nitrogens with one attached hydrogen (secondary N) is 2. The van der Waals surface area contributed by atoms with Crippen molar-refractivity contribution in [2.24, 2.45) is 5.92 Å². The van der Waals surface area contributed by atoms with Crippen molar-refractivity contribution in [2.75, 3.05) is 13.1 Å². The molecule has 0 rings (SSSR count). The number of ketones is 1. The Bertz CT molecular complexity index is 238. The molecular weight excluding hydrogens is 216 g/mol. The van der Waals surface area contributed by atoms with Crippen LogP contribution in [0.3, 0.4) is 0 Å². The molecule has 17 heavy (non-hydrogen) atoms. The van der Waals surface area contributed by atoms with Crippen LogP contribution in [0, 0.1) is 5.92 Å². The molecule has 0 atom stereocenters. The molecule has 0 aromatic heterocycles. The van der Waals surface area contributed by atoms with Crippen LogP contribution in [-0.4, -0.2) is 30.8 Å². The van der Waals surface area contributed by atoms with Gasteiger partial charge in [0.1, 0.15) is 5.78 Å². The second-order valence-corrected chi connectivity index (χ2v) is 4.96. The topological polar surface area (TPSA) is 58.2 Å². The highest BCUT2D eigenvalue weighted by Crippen LogP contribution is 2.03. The average Bonchev–Trinajstić information content (AvgIpc) is 2.25. The number of hydrogen-bond acceptors (Lipinski definition) is 3. The van der Waals surface area contributed by atoms with E-state index in [1.807, 2.05) is 27.7 Å². The summed E-state index contributed by atoms with van der Waals surface area (Å²) >= 11 is 0. The van der Waals surface area contributed by atoms with E-state index in [1.165, 1.54) is 0 Å². The van der Waals surface area contributed by atoms with Crippen LogP contribution in [0.15, 0.2) is 0 Å². The lowest BCUT2D eigenvalue weighted by Crippen LogP contribution is -2.37. The fraction of sp³-hybridized carbons (Fsp3) is 0.846. The van der Waals surface area contributed by atoms with Crippen LogP contribution in [0.5, 0.6) is 0 Å². The Morgan fingerprint density at radius 1 is 1.06 bits per heavy atom. The van der Waals surface area contributed by atoms with Gasteiger partial charge in [0, 0.05) is 24.9 Å². The molecule has 0 aliphatic carbocycles. The second kappa shape index (κ2) is 9.16. The molecular formula is C13H26N2O2. The van der Waals surface area contributed by atoms with E-state index in [-0.39, 0.29) is 11.8 Å².